The Balaban J connectivity index is 1.83. The van der Waals surface area contributed by atoms with E-state index in [1.807, 2.05) is 35.9 Å². The van der Waals surface area contributed by atoms with Gasteiger partial charge in [0.1, 0.15) is 12.1 Å². The van der Waals surface area contributed by atoms with Gasteiger partial charge in [0.05, 0.1) is 63.2 Å². The first kappa shape index (κ1) is 49.5. The summed E-state index contributed by atoms with van der Waals surface area (Å²) in [5, 5.41) is 17.5. The van der Waals surface area contributed by atoms with E-state index in [0.29, 0.717) is 51.3 Å². The van der Waals surface area contributed by atoms with E-state index in [2.05, 4.69) is 20.1 Å². The van der Waals surface area contributed by atoms with Crippen LogP contribution < -0.4 is 16.4 Å². The van der Waals surface area contributed by atoms with Crippen LogP contribution in [0.3, 0.4) is 0 Å². The smallest absolute Gasteiger partial charge is 0.394 e. The summed E-state index contributed by atoms with van der Waals surface area (Å²) in [7, 11) is -3.53. The standard InChI is InChI=1S/C38H59N6O13PS/c1-24(2)17-30(41-38(51)32-8-5-11-44(32)35(48)10-13-56-15-14-55-4)33(46)19-26(18-27-21-40-23-43(27)12-9-28-7-6-16-59-28)37(50)42-31(22-45)34(47)20-29(36(39)49)25(3)57-58(52,53)54/h6-7,16,21,23-26,29-32,45H,5,8-15,17-20,22H2,1-4H3,(H2,39,49)(H,41,51)(H,42,50)(H2,52,53,54)/t25-,26-,29+,30+,31+,32+/m1/s1. The number of methoxy groups -OCH3 is 1. The van der Waals surface area contributed by atoms with Crippen molar-refractivity contribution >= 4 is 54.4 Å². The van der Waals surface area contributed by atoms with Gasteiger partial charge in [-0.1, -0.05) is 19.9 Å². The second-order valence-electron chi connectivity index (χ2n) is 15.0. The molecule has 1 aliphatic rings. The number of Topliss-reactive ketones (excluding diaryl/α,β-unsaturated/α-hetero) is 2. The van der Waals surface area contributed by atoms with Gasteiger partial charge in [0.25, 0.3) is 0 Å². The average Bonchev–Trinajstić information content (AvgIpc) is 3.96. The van der Waals surface area contributed by atoms with E-state index < -0.39 is 92.6 Å². The lowest BCUT2D eigenvalue weighted by Gasteiger charge is -2.28. The molecule has 7 N–H and O–H groups in total. The van der Waals surface area contributed by atoms with Crippen LogP contribution >= 0.6 is 19.2 Å². The Morgan fingerprint density at radius 1 is 1.05 bits per heavy atom. The molecule has 4 amide bonds. The lowest BCUT2D eigenvalue weighted by atomic mass is 9.89. The summed E-state index contributed by atoms with van der Waals surface area (Å²) in [5.41, 5.74) is 6.02. The van der Waals surface area contributed by atoms with Gasteiger partial charge in [-0.15, -0.1) is 11.3 Å². The number of aliphatic hydroxyl groups is 1. The van der Waals surface area contributed by atoms with Gasteiger partial charge in [0.2, 0.25) is 23.6 Å². The normalized spacial score (nSPS) is 16.9. The number of amides is 4. The van der Waals surface area contributed by atoms with Crippen LogP contribution in [0.25, 0.3) is 0 Å². The average molecular weight is 871 g/mol. The number of nitrogens with zero attached hydrogens (tertiary/aromatic N) is 3. The molecule has 0 aliphatic carbocycles. The number of nitrogens with two attached hydrogens (primary N) is 1. The fourth-order valence-corrected chi connectivity index (χ4v) is 8.14. The van der Waals surface area contributed by atoms with Gasteiger partial charge in [0, 0.05) is 56.2 Å². The second kappa shape index (κ2) is 24.4. The third kappa shape index (κ3) is 16.6. The Morgan fingerprint density at radius 3 is 2.41 bits per heavy atom. The van der Waals surface area contributed by atoms with Gasteiger partial charge in [-0.05, 0) is 50.0 Å². The summed E-state index contributed by atoms with van der Waals surface area (Å²) in [6.07, 6.45) is 2.51. The highest BCUT2D eigenvalue weighted by atomic mass is 32.1. The number of nitrogens with one attached hydrogen (secondary N) is 2. The highest BCUT2D eigenvalue weighted by Crippen LogP contribution is 2.39. The van der Waals surface area contributed by atoms with Crippen molar-refractivity contribution in [2.45, 2.75) is 103 Å². The monoisotopic (exact) mass is 870 g/mol. The van der Waals surface area contributed by atoms with Crippen molar-refractivity contribution in [3.05, 3.63) is 40.6 Å². The first-order valence-electron chi connectivity index (χ1n) is 19.6. The van der Waals surface area contributed by atoms with E-state index in [1.165, 1.54) is 4.90 Å². The first-order chi connectivity index (χ1) is 27.9. The number of phosphoric acid groups is 1. The number of thiophene rings is 1. The van der Waals surface area contributed by atoms with Crippen LogP contribution in [0, 0.1) is 17.8 Å². The van der Waals surface area contributed by atoms with E-state index in [-0.39, 0.29) is 37.7 Å². The zero-order valence-electron chi connectivity index (χ0n) is 34.0. The maximum atomic E-state index is 14.2. The molecule has 330 valence electrons. The summed E-state index contributed by atoms with van der Waals surface area (Å²) < 4.78 is 28.2. The fourth-order valence-electron chi connectivity index (χ4n) is 6.86. The quantitative estimate of drug-likeness (QED) is 0.0513. The Bertz CT molecular complexity index is 1740. The van der Waals surface area contributed by atoms with Gasteiger partial charge < -0.3 is 50.2 Å². The molecule has 0 bridgehead atoms. The molecule has 19 nitrogen and oxygen atoms in total. The first-order valence-corrected chi connectivity index (χ1v) is 22.0. The Morgan fingerprint density at radius 2 is 1.78 bits per heavy atom. The molecule has 1 saturated heterocycles. The SMILES string of the molecule is COCCOCCC(=O)N1CCC[C@H]1C(=O)N[C@@H](CC(C)C)C(=O)C[C@@H](Cc1cncn1CCc1cccs1)C(=O)N[C@@H](CO)C(=O)C[C@H](C(N)=O)[C@@H](C)OP(=O)(O)O. The van der Waals surface area contributed by atoms with Gasteiger partial charge in [-0.25, -0.2) is 9.55 Å². The number of carbonyl (C=O) groups excluding carboxylic acids is 6. The number of carbonyl (C=O) groups is 6. The van der Waals surface area contributed by atoms with Crippen LogP contribution in [0.5, 0.6) is 0 Å². The maximum Gasteiger partial charge on any atom is 0.469 e. The number of likely N-dealkylation sites (tertiary alicyclic amines) is 1. The second-order valence-corrected chi connectivity index (χ2v) is 17.2. The van der Waals surface area contributed by atoms with Gasteiger partial charge in [0.15, 0.2) is 11.6 Å². The highest BCUT2D eigenvalue weighted by molar-refractivity contribution is 7.46. The summed E-state index contributed by atoms with van der Waals surface area (Å²) in [4.78, 5) is 106. The number of imidazole rings is 1. The van der Waals surface area contributed by atoms with Crippen molar-refractivity contribution in [3.8, 4) is 0 Å². The summed E-state index contributed by atoms with van der Waals surface area (Å²) in [6.45, 7) is 5.75. The molecule has 59 heavy (non-hydrogen) atoms. The predicted molar refractivity (Wildman–Crippen MR) is 214 cm³/mol. The van der Waals surface area contributed by atoms with Crippen molar-refractivity contribution in [2.24, 2.45) is 23.5 Å². The van der Waals surface area contributed by atoms with E-state index in [0.717, 1.165) is 11.8 Å². The van der Waals surface area contributed by atoms with Crippen LogP contribution in [0.15, 0.2) is 30.0 Å². The zero-order chi connectivity index (χ0) is 43.7. The summed E-state index contributed by atoms with van der Waals surface area (Å²) >= 11 is 1.59. The molecule has 0 unspecified atom stereocenters. The molecule has 0 spiro atoms. The number of ketones is 2. The number of aromatic nitrogens is 2. The maximum absolute atomic E-state index is 14.2. The topological polar surface area (TPSA) is 279 Å². The number of hydrogen-bond acceptors (Lipinski definition) is 13. The summed E-state index contributed by atoms with van der Waals surface area (Å²) in [5.74, 6) is -6.70. The third-order valence-electron chi connectivity index (χ3n) is 9.98. The van der Waals surface area contributed by atoms with Crippen LogP contribution in [-0.2, 0) is 66.7 Å². The molecular weight excluding hydrogens is 811 g/mol. The van der Waals surface area contributed by atoms with Crippen molar-refractivity contribution in [1.29, 1.82) is 0 Å². The van der Waals surface area contributed by atoms with Crippen molar-refractivity contribution < 1.29 is 62.2 Å². The van der Waals surface area contributed by atoms with Gasteiger partial charge >= 0.3 is 7.82 Å². The zero-order valence-corrected chi connectivity index (χ0v) is 35.7. The molecule has 0 radical (unpaired) electrons. The highest BCUT2D eigenvalue weighted by Gasteiger charge is 2.38. The number of primary amides is 1. The largest absolute Gasteiger partial charge is 0.469 e. The van der Waals surface area contributed by atoms with E-state index in [1.54, 1.807) is 31.0 Å². The van der Waals surface area contributed by atoms with Crippen molar-refractivity contribution in [1.82, 2.24) is 25.1 Å². The Labute approximate surface area is 348 Å². The molecule has 0 aromatic carbocycles. The predicted octanol–water partition coefficient (Wildman–Crippen LogP) is 0.916. The van der Waals surface area contributed by atoms with Gasteiger partial charge in [-0.2, -0.15) is 0 Å². The third-order valence-corrected chi connectivity index (χ3v) is 11.5. The lowest BCUT2D eigenvalue weighted by Crippen LogP contribution is -2.52. The summed E-state index contributed by atoms with van der Waals surface area (Å²) in [6, 6.07) is 0.517. The number of aliphatic hydroxyl groups excluding tert-OH is 1. The molecule has 3 heterocycles. The number of ether oxygens (including phenoxy) is 2. The molecule has 2 aromatic rings. The van der Waals surface area contributed by atoms with Crippen LogP contribution in [0.1, 0.15) is 69.9 Å². The van der Waals surface area contributed by atoms with Crippen molar-refractivity contribution in [3.63, 3.8) is 0 Å². The number of rotatable bonds is 28. The number of hydrogen-bond donors (Lipinski definition) is 6. The van der Waals surface area contributed by atoms with Gasteiger partial charge in [-0.3, -0.25) is 33.3 Å². The molecule has 21 heteroatoms. The van der Waals surface area contributed by atoms with Crippen LogP contribution in [0.2, 0.25) is 0 Å². The van der Waals surface area contributed by atoms with E-state index >= 15 is 0 Å². The van der Waals surface area contributed by atoms with Crippen LogP contribution in [0.4, 0.5) is 0 Å². The molecule has 2 aromatic heterocycles. The molecule has 0 saturated carbocycles. The van der Waals surface area contributed by atoms with Crippen LogP contribution in [-0.4, -0.2) is 129 Å². The number of phosphoric ester groups is 1. The minimum Gasteiger partial charge on any atom is -0.394 e. The van der Waals surface area contributed by atoms with Crippen molar-refractivity contribution in [2.75, 3.05) is 40.1 Å². The minimum atomic E-state index is -5.07. The molecule has 1 fully saturated rings. The Hall–Kier alpha value is -3.88. The Kier molecular flexibility index (Phi) is 20.5. The molecular formula is C38H59N6O13PS. The van der Waals surface area contributed by atoms with E-state index in [9.17, 15) is 48.2 Å². The van der Waals surface area contributed by atoms with E-state index in [4.69, 9.17) is 15.2 Å². The lowest BCUT2D eigenvalue weighted by molar-refractivity contribution is -0.140. The fraction of sp³-hybridized carbons (Fsp3) is 0.658. The number of aryl methyl sites for hydroxylation is 2. The molecule has 6 atom stereocenters. The molecule has 1 aliphatic heterocycles. The molecule has 3 rings (SSSR count). The minimum absolute atomic E-state index is 0.0227.